The molecule has 1 fully saturated rings. The Kier molecular flexibility index (Phi) is 5.40. The Morgan fingerprint density at radius 2 is 2.00 bits per heavy atom. The van der Waals surface area contributed by atoms with E-state index in [0.29, 0.717) is 5.92 Å². The first-order valence-corrected chi connectivity index (χ1v) is 6.59. The molecule has 0 aromatic heterocycles. The van der Waals surface area contributed by atoms with Crippen LogP contribution in [0.25, 0.3) is 0 Å². The van der Waals surface area contributed by atoms with E-state index in [0.717, 1.165) is 45.3 Å². The minimum absolute atomic E-state index is 0.289. The molecular formula is C13H25NO3. The van der Waals surface area contributed by atoms with E-state index in [4.69, 9.17) is 5.11 Å². The van der Waals surface area contributed by atoms with Gasteiger partial charge in [0.2, 0.25) is 0 Å². The van der Waals surface area contributed by atoms with E-state index in [1.165, 1.54) is 0 Å². The molecule has 0 spiro atoms. The number of carboxylic acid groups (broad SMARTS) is 1. The van der Waals surface area contributed by atoms with Crippen LogP contribution in [0.15, 0.2) is 0 Å². The fourth-order valence-electron chi connectivity index (χ4n) is 2.35. The Morgan fingerprint density at radius 1 is 1.41 bits per heavy atom. The topological polar surface area (TPSA) is 60.8 Å². The highest BCUT2D eigenvalue weighted by molar-refractivity contribution is 5.66. The fourth-order valence-corrected chi connectivity index (χ4v) is 2.35. The van der Waals surface area contributed by atoms with Crippen LogP contribution in [-0.2, 0) is 4.79 Å². The first kappa shape index (κ1) is 14.5. The van der Waals surface area contributed by atoms with Crippen molar-refractivity contribution in [2.75, 3.05) is 19.6 Å². The quantitative estimate of drug-likeness (QED) is 0.746. The number of carbonyl (C=O) groups is 1. The predicted octanol–water partition coefficient (Wildman–Crippen LogP) is 1.72. The summed E-state index contributed by atoms with van der Waals surface area (Å²) in [6.45, 7) is 6.58. The molecule has 1 aliphatic heterocycles. The average Bonchev–Trinajstić information content (AvgIpc) is 2.28. The largest absolute Gasteiger partial charge is 0.481 e. The maximum absolute atomic E-state index is 10.5. The Labute approximate surface area is 104 Å². The Bertz CT molecular complexity index is 245. The maximum Gasteiger partial charge on any atom is 0.303 e. The summed E-state index contributed by atoms with van der Waals surface area (Å²) in [6, 6.07) is 0. The molecule has 0 radical (unpaired) electrons. The van der Waals surface area contributed by atoms with Crippen molar-refractivity contribution in [3.63, 3.8) is 0 Å². The lowest BCUT2D eigenvalue weighted by atomic mass is 9.91. The smallest absolute Gasteiger partial charge is 0.303 e. The van der Waals surface area contributed by atoms with E-state index in [1.807, 2.05) is 13.8 Å². The van der Waals surface area contributed by atoms with Crippen molar-refractivity contribution >= 4 is 5.97 Å². The van der Waals surface area contributed by atoms with E-state index in [1.54, 1.807) is 0 Å². The summed E-state index contributed by atoms with van der Waals surface area (Å²) in [4.78, 5) is 12.8. The summed E-state index contributed by atoms with van der Waals surface area (Å²) in [6.07, 6.45) is 3.98. The molecular weight excluding hydrogens is 218 g/mol. The van der Waals surface area contributed by atoms with Crippen molar-refractivity contribution in [3.8, 4) is 0 Å². The molecule has 1 aliphatic rings. The van der Waals surface area contributed by atoms with Crippen molar-refractivity contribution in [2.24, 2.45) is 5.92 Å². The zero-order valence-corrected chi connectivity index (χ0v) is 11.0. The molecule has 0 aliphatic carbocycles. The van der Waals surface area contributed by atoms with Gasteiger partial charge in [-0.25, -0.2) is 0 Å². The van der Waals surface area contributed by atoms with Gasteiger partial charge in [-0.3, -0.25) is 4.79 Å². The molecule has 17 heavy (non-hydrogen) atoms. The van der Waals surface area contributed by atoms with Gasteiger partial charge in [0.25, 0.3) is 0 Å². The Morgan fingerprint density at radius 3 is 2.47 bits per heavy atom. The lowest BCUT2D eigenvalue weighted by Gasteiger charge is -2.36. The third-order valence-electron chi connectivity index (χ3n) is 3.80. The number of likely N-dealkylation sites (tertiary alicyclic amines) is 1. The number of nitrogens with zero attached hydrogens (tertiary/aromatic N) is 1. The van der Waals surface area contributed by atoms with Gasteiger partial charge in [-0.1, -0.05) is 6.92 Å². The number of aliphatic hydroxyl groups is 1. The van der Waals surface area contributed by atoms with Crippen LogP contribution in [0.4, 0.5) is 0 Å². The van der Waals surface area contributed by atoms with Crippen LogP contribution >= 0.6 is 0 Å². The molecule has 1 saturated heterocycles. The Hall–Kier alpha value is -0.610. The second-order valence-electron chi connectivity index (χ2n) is 5.50. The van der Waals surface area contributed by atoms with E-state index >= 15 is 0 Å². The van der Waals surface area contributed by atoms with Crippen LogP contribution in [-0.4, -0.2) is 46.3 Å². The summed E-state index contributed by atoms with van der Waals surface area (Å²) < 4.78 is 0. The van der Waals surface area contributed by atoms with Gasteiger partial charge in [0.05, 0.1) is 5.60 Å². The number of carboxylic acids is 1. The third kappa shape index (κ3) is 5.50. The second kappa shape index (κ2) is 6.36. The zero-order chi connectivity index (χ0) is 12.9. The standard InChI is InChI=1S/C13H25NO3/c1-3-13(2,17)10-14-8-6-11(7-9-14)4-5-12(15)16/h11,17H,3-10H2,1-2H3,(H,15,16). The van der Waals surface area contributed by atoms with Crippen molar-refractivity contribution in [1.82, 2.24) is 4.90 Å². The van der Waals surface area contributed by atoms with Crippen LogP contribution in [0.2, 0.25) is 0 Å². The summed E-state index contributed by atoms with van der Waals surface area (Å²) in [5, 5.41) is 18.6. The first-order valence-electron chi connectivity index (χ1n) is 6.59. The highest BCUT2D eigenvalue weighted by atomic mass is 16.4. The lowest BCUT2D eigenvalue weighted by molar-refractivity contribution is -0.137. The van der Waals surface area contributed by atoms with Gasteiger partial charge in [0.15, 0.2) is 0 Å². The van der Waals surface area contributed by atoms with E-state index in [-0.39, 0.29) is 6.42 Å². The molecule has 0 saturated carbocycles. The van der Waals surface area contributed by atoms with Gasteiger partial charge in [0.1, 0.15) is 0 Å². The highest BCUT2D eigenvalue weighted by Gasteiger charge is 2.25. The molecule has 0 amide bonds. The van der Waals surface area contributed by atoms with Gasteiger partial charge in [-0.15, -0.1) is 0 Å². The minimum Gasteiger partial charge on any atom is -0.481 e. The molecule has 0 aromatic rings. The summed E-state index contributed by atoms with van der Waals surface area (Å²) in [5.41, 5.74) is -0.589. The molecule has 1 heterocycles. The van der Waals surface area contributed by atoms with Gasteiger partial charge in [-0.2, -0.15) is 0 Å². The fraction of sp³-hybridized carbons (Fsp3) is 0.923. The van der Waals surface area contributed by atoms with Gasteiger partial charge < -0.3 is 15.1 Å². The highest BCUT2D eigenvalue weighted by Crippen LogP contribution is 2.23. The molecule has 100 valence electrons. The first-order chi connectivity index (χ1) is 7.93. The molecule has 4 heteroatoms. The number of β-amino-alcohol motifs (C(OH)–C–C–N with tert-alkyl or cyclic N) is 1. The van der Waals surface area contributed by atoms with E-state index < -0.39 is 11.6 Å². The van der Waals surface area contributed by atoms with Crippen LogP contribution in [0.1, 0.15) is 46.0 Å². The summed E-state index contributed by atoms with van der Waals surface area (Å²) in [5.74, 6) is -0.143. The Balaban J connectivity index is 2.24. The predicted molar refractivity (Wildman–Crippen MR) is 66.9 cm³/mol. The SMILES string of the molecule is CCC(C)(O)CN1CCC(CCC(=O)O)CC1. The molecule has 0 aromatic carbocycles. The number of hydrogen-bond donors (Lipinski definition) is 2. The second-order valence-corrected chi connectivity index (χ2v) is 5.50. The third-order valence-corrected chi connectivity index (χ3v) is 3.80. The molecule has 1 rings (SSSR count). The maximum atomic E-state index is 10.5. The van der Waals surface area contributed by atoms with Gasteiger partial charge >= 0.3 is 5.97 Å². The lowest BCUT2D eigenvalue weighted by Crippen LogP contribution is -2.44. The minimum atomic E-state index is -0.693. The normalized spacial score (nSPS) is 22.3. The molecule has 2 N–H and O–H groups in total. The molecule has 1 atom stereocenters. The number of piperidine rings is 1. The molecule has 0 bridgehead atoms. The number of aliphatic carboxylic acids is 1. The monoisotopic (exact) mass is 243 g/mol. The van der Waals surface area contributed by atoms with Gasteiger partial charge in [-0.05, 0) is 51.6 Å². The van der Waals surface area contributed by atoms with E-state index in [2.05, 4.69) is 4.90 Å². The average molecular weight is 243 g/mol. The summed E-state index contributed by atoms with van der Waals surface area (Å²) in [7, 11) is 0. The molecule has 1 unspecified atom stereocenters. The van der Waals surface area contributed by atoms with Crippen molar-refractivity contribution in [2.45, 2.75) is 51.6 Å². The van der Waals surface area contributed by atoms with Crippen molar-refractivity contribution in [1.29, 1.82) is 0 Å². The van der Waals surface area contributed by atoms with Crippen LogP contribution in [0, 0.1) is 5.92 Å². The molecule has 4 nitrogen and oxygen atoms in total. The van der Waals surface area contributed by atoms with Crippen LogP contribution in [0.3, 0.4) is 0 Å². The van der Waals surface area contributed by atoms with Crippen molar-refractivity contribution in [3.05, 3.63) is 0 Å². The van der Waals surface area contributed by atoms with E-state index in [9.17, 15) is 9.90 Å². The van der Waals surface area contributed by atoms with Crippen LogP contribution < -0.4 is 0 Å². The number of rotatable bonds is 6. The zero-order valence-electron chi connectivity index (χ0n) is 11.0. The van der Waals surface area contributed by atoms with Crippen molar-refractivity contribution < 1.29 is 15.0 Å². The van der Waals surface area contributed by atoms with Crippen LogP contribution in [0.5, 0.6) is 0 Å². The van der Waals surface area contributed by atoms with Gasteiger partial charge in [0, 0.05) is 13.0 Å². The number of hydrogen-bond acceptors (Lipinski definition) is 3. The summed E-state index contributed by atoms with van der Waals surface area (Å²) >= 11 is 0.